The van der Waals surface area contributed by atoms with Crippen molar-refractivity contribution in [2.24, 2.45) is 0 Å². The van der Waals surface area contributed by atoms with Crippen LogP contribution in [0.5, 0.6) is 5.75 Å². The zero-order valence-electron chi connectivity index (χ0n) is 15.5. The van der Waals surface area contributed by atoms with Gasteiger partial charge in [-0.25, -0.2) is 14.6 Å². The quantitative estimate of drug-likeness (QED) is 0.450. The fraction of sp³-hybridized carbons (Fsp3) is 0.100. The lowest BCUT2D eigenvalue weighted by Gasteiger charge is -2.01. The first-order valence-electron chi connectivity index (χ1n) is 8.71. The Balaban J connectivity index is 1.32. The summed E-state index contributed by atoms with van der Waals surface area (Å²) >= 11 is 2.67. The van der Waals surface area contributed by atoms with Crippen LogP contribution in [-0.4, -0.2) is 38.5 Å². The summed E-state index contributed by atoms with van der Waals surface area (Å²) in [4.78, 5) is 21.0. The van der Waals surface area contributed by atoms with Crippen LogP contribution in [-0.2, 0) is 4.79 Å². The van der Waals surface area contributed by atoms with Crippen molar-refractivity contribution in [3.63, 3.8) is 0 Å². The second-order valence-electron chi connectivity index (χ2n) is 5.91. The van der Waals surface area contributed by atoms with Gasteiger partial charge in [-0.1, -0.05) is 30.0 Å². The summed E-state index contributed by atoms with van der Waals surface area (Å²) in [7, 11) is 1.63. The average molecular weight is 424 g/mol. The largest absolute Gasteiger partial charge is 0.497 e. The Bertz CT molecular complexity index is 1090. The fourth-order valence-corrected chi connectivity index (χ4v) is 3.87. The summed E-state index contributed by atoms with van der Waals surface area (Å²) in [6, 6.07) is 17.3. The highest BCUT2D eigenvalue weighted by Crippen LogP contribution is 2.26. The molecule has 9 heteroatoms. The number of benzene rings is 2. The Kier molecular flexibility index (Phi) is 5.87. The van der Waals surface area contributed by atoms with Crippen molar-refractivity contribution >= 4 is 34.1 Å². The third kappa shape index (κ3) is 4.82. The van der Waals surface area contributed by atoms with E-state index in [1.807, 2.05) is 60.0 Å². The second-order valence-corrected chi connectivity index (χ2v) is 7.71. The van der Waals surface area contributed by atoms with Crippen molar-refractivity contribution in [3.05, 3.63) is 66.3 Å². The molecule has 1 amide bonds. The summed E-state index contributed by atoms with van der Waals surface area (Å²) in [5.74, 6) is 0.843. The molecule has 29 heavy (non-hydrogen) atoms. The molecule has 2 aromatic heterocycles. The van der Waals surface area contributed by atoms with E-state index in [1.165, 1.54) is 23.1 Å². The molecule has 2 aromatic carbocycles. The highest BCUT2D eigenvalue weighted by atomic mass is 32.2. The number of nitrogens with one attached hydrogen (secondary N) is 1. The van der Waals surface area contributed by atoms with Crippen LogP contribution in [0.3, 0.4) is 0 Å². The lowest BCUT2D eigenvalue weighted by Crippen LogP contribution is -2.14. The van der Waals surface area contributed by atoms with Gasteiger partial charge in [-0.15, -0.1) is 16.4 Å². The Hall–Kier alpha value is -3.17. The molecular formula is C20H17N5O2S2. The average Bonchev–Trinajstić information content (AvgIpc) is 3.43. The Morgan fingerprint density at radius 1 is 1.17 bits per heavy atom. The Morgan fingerprint density at radius 3 is 2.72 bits per heavy atom. The van der Waals surface area contributed by atoms with Crippen LogP contribution in [0, 0.1) is 0 Å². The molecule has 0 saturated carbocycles. The Morgan fingerprint density at radius 2 is 1.97 bits per heavy atom. The van der Waals surface area contributed by atoms with E-state index in [0.717, 1.165) is 22.7 Å². The van der Waals surface area contributed by atoms with E-state index >= 15 is 0 Å². The zero-order chi connectivity index (χ0) is 20.1. The minimum atomic E-state index is -0.151. The van der Waals surface area contributed by atoms with Gasteiger partial charge in [-0.2, -0.15) is 0 Å². The first kappa shape index (κ1) is 19.2. The van der Waals surface area contributed by atoms with Gasteiger partial charge >= 0.3 is 0 Å². The minimum Gasteiger partial charge on any atom is -0.497 e. The van der Waals surface area contributed by atoms with Crippen molar-refractivity contribution < 1.29 is 9.53 Å². The molecule has 0 saturated heterocycles. The number of carbonyl (C=O) groups excluding carboxylic acids is 1. The molecule has 2 heterocycles. The predicted octanol–water partition coefficient (Wildman–Crippen LogP) is 4.13. The van der Waals surface area contributed by atoms with Crippen LogP contribution in [0.2, 0.25) is 0 Å². The van der Waals surface area contributed by atoms with Crippen LogP contribution in [0.1, 0.15) is 0 Å². The number of carbonyl (C=O) groups is 1. The molecule has 0 spiro atoms. The summed E-state index contributed by atoms with van der Waals surface area (Å²) in [5.41, 5.74) is 2.70. The maximum absolute atomic E-state index is 12.2. The smallest absolute Gasteiger partial charge is 0.236 e. The number of thioether (sulfide) groups is 1. The van der Waals surface area contributed by atoms with Crippen molar-refractivity contribution in [2.45, 2.75) is 5.16 Å². The van der Waals surface area contributed by atoms with E-state index in [1.54, 1.807) is 18.1 Å². The maximum atomic E-state index is 12.2. The third-order valence-electron chi connectivity index (χ3n) is 3.96. The van der Waals surface area contributed by atoms with Crippen LogP contribution in [0.15, 0.2) is 71.5 Å². The van der Waals surface area contributed by atoms with Gasteiger partial charge in [0.2, 0.25) is 11.1 Å². The normalized spacial score (nSPS) is 10.7. The topological polar surface area (TPSA) is 81.9 Å². The number of nitrogens with zero attached hydrogens (tertiary/aromatic N) is 4. The molecule has 0 fully saturated rings. The summed E-state index contributed by atoms with van der Waals surface area (Å²) < 4.78 is 6.85. The van der Waals surface area contributed by atoms with Crippen molar-refractivity contribution in [2.75, 3.05) is 18.2 Å². The molecule has 7 nitrogen and oxygen atoms in total. The van der Waals surface area contributed by atoms with E-state index < -0.39 is 0 Å². The highest BCUT2D eigenvalue weighted by Gasteiger charge is 2.11. The number of hydrogen-bond acceptors (Lipinski definition) is 7. The summed E-state index contributed by atoms with van der Waals surface area (Å²) in [5, 5.41) is 10.2. The van der Waals surface area contributed by atoms with Crippen molar-refractivity contribution in [1.29, 1.82) is 0 Å². The van der Waals surface area contributed by atoms with Crippen LogP contribution >= 0.6 is 23.1 Å². The molecule has 146 valence electrons. The lowest BCUT2D eigenvalue weighted by atomic mass is 10.2. The van der Waals surface area contributed by atoms with Gasteiger partial charge in [-0.3, -0.25) is 4.79 Å². The Labute approximate surface area is 175 Å². The van der Waals surface area contributed by atoms with Crippen LogP contribution in [0.4, 0.5) is 5.13 Å². The molecule has 0 aliphatic heterocycles. The number of para-hydroxylation sites is 1. The maximum Gasteiger partial charge on any atom is 0.236 e. The molecule has 0 radical (unpaired) electrons. The minimum absolute atomic E-state index is 0.151. The van der Waals surface area contributed by atoms with Crippen molar-refractivity contribution in [3.8, 4) is 22.7 Å². The van der Waals surface area contributed by atoms with Gasteiger partial charge in [0.15, 0.2) is 5.13 Å². The summed E-state index contributed by atoms with van der Waals surface area (Å²) in [6.07, 6.45) is 1.64. The van der Waals surface area contributed by atoms with Crippen LogP contribution in [0.25, 0.3) is 16.9 Å². The van der Waals surface area contributed by atoms with E-state index in [4.69, 9.17) is 4.74 Å². The number of aromatic nitrogens is 4. The molecule has 0 atom stereocenters. The first-order chi connectivity index (χ1) is 14.2. The monoisotopic (exact) mass is 423 g/mol. The van der Waals surface area contributed by atoms with Gasteiger partial charge in [-0.05, 0) is 36.4 Å². The molecule has 4 rings (SSSR count). The van der Waals surface area contributed by atoms with Crippen LogP contribution < -0.4 is 10.1 Å². The van der Waals surface area contributed by atoms with Gasteiger partial charge in [0.25, 0.3) is 0 Å². The number of methoxy groups -OCH3 is 1. The first-order valence-corrected chi connectivity index (χ1v) is 10.6. The molecule has 0 unspecified atom stereocenters. The number of ether oxygens (including phenoxy) is 1. The number of rotatable bonds is 7. The number of thiazole rings is 1. The van der Waals surface area contributed by atoms with E-state index in [9.17, 15) is 4.79 Å². The number of anilines is 1. The fourth-order valence-electron chi connectivity index (χ4n) is 2.53. The standard InChI is InChI=1S/C20H17N5O2S2/c1-27-16-9-7-14(8-10-16)17-11-28-20(22-17)23-18(26)12-29-19-21-13-25(24-19)15-5-3-2-4-6-15/h2-11,13H,12H2,1H3,(H,22,23,26). The SMILES string of the molecule is COc1ccc(-c2csc(NC(=O)CSc3ncn(-c4ccccc4)n3)n2)cc1. The molecule has 0 bridgehead atoms. The molecule has 1 N–H and O–H groups in total. The molecular weight excluding hydrogens is 406 g/mol. The van der Waals surface area contributed by atoms with Gasteiger partial charge in [0, 0.05) is 10.9 Å². The molecule has 0 aliphatic carbocycles. The highest BCUT2D eigenvalue weighted by molar-refractivity contribution is 7.99. The second kappa shape index (κ2) is 8.89. The van der Waals surface area contributed by atoms with Crippen molar-refractivity contribution in [1.82, 2.24) is 19.7 Å². The third-order valence-corrected chi connectivity index (χ3v) is 5.57. The van der Waals surface area contributed by atoms with Gasteiger partial charge in [0.05, 0.1) is 24.2 Å². The zero-order valence-corrected chi connectivity index (χ0v) is 17.1. The molecule has 4 aromatic rings. The van der Waals surface area contributed by atoms with E-state index in [-0.39, 0.29) is 11.7 Å². The lowest BCUT2D eigenvalue weighted by molar-refractivity contribution is -0.113. The number of hydrogen-bond donors (Lipinski definition) is 1. The van der Waals surface area contributed by atoms with Gasteiger partial charge in [0.1, 0.15) is 12.1 Å². The predicted molar refractivity (Wildman–Crippen MR) is 115 cm³/mol. The van der Waals surface area contributed by atoms with E-state index in [0.29, 0.717) is 10.3 Å². The van der Waals surface area contributed by atoms with Gasteiger partial charge < -0.3 is 10.1 Å². The number of amides is 1. The van der Waals surface area contributed by atoms with E-state index in [2.05, 4.69) is 20.4 Å². The summed E-state index contributed by atoms with van der Waals surface area (Å²) in [6.45, 7) is 0. The molecule has 0 aliphatic rings.